The van der Waals surface area contributed by atoms with Crippen LogP contribution in [-0.4, -0.2) is 80.9 Å². The zero-order valence-electron chi connectivity index (χ0n) is 26.2. The van der Waals surface area contributed by atoms with Crippen LogP contribution in [0.4, 0.5) is 4.79 Å². The Balaban J connectivity index is 1.88. The maximum atomic E-state index is 14.0. The van der Waals surface area contributed by atoms with Gasteiger partial charge in [-0.3, -0.25) is 0 Å². The van der Waals surface area contributed by atoms with Crippen LogP contribution < -0.4 is 10.1 Å². The van der Waals surface area contributed by atoms with E-state index in [1.54, 1.807) is 32.9 Å². The van der Waals surface area contributed by atoms with Gasteiger partial charge in [0.1, 0.15) is 11.4 Å². The Hall–Kier alpha value is -2.70. The second kappa shape index (κ2) is 15.3. The number of carbonyl (C=O) groups is 1. The SMILES string of the molecule is CCC(CCC1(C)OCCO1)CN(C[C@@H](O)[C@H](Cc1ccccc1)NC(=O)OC(C)(C)C)S(=O)(=O)c1ccc(OC)cc1. The molecule has 0 spiro atoms. The fourth-order valence-electron chi connectivity index (χ4n) is 4.99. The largest absolute Gasteiger partial charge is 0.497 e. The lowest BCUT2D eigenvalue weighted by atomic mass is 9.96. The molecule has 2 N–H and O–H groups in total. The second-order valence-electron chi connectivity index (χ2n) is 12.2. The molecule has 2 aromatic carbocycles. The maximum Gasteiger partial charge on any atom is 0.407 e. The molecule has 1 unspecified atom stereocenters. The molecular formula is C32H48N2O8S. The second-order valence-corrected chi connectivity index (χ2v) is 14.1. The van der Waals surface area contributed by atoms with E-state index in [1.807, 2.05) is 44.2 Å². The maximum absolute atomic E-state index is 14.0. The van der Waals surface area contributed by atoms with Gasteiger partial charge in [0.25, 0.3) is 0 Å². The van der Waals surface area contributed by atoms with Crippen LogP contribution in [-0.2, 0) is 30.7 Å². The van der Waals surface area contributed by atoms with Crippen LogP contribution in [0.5, 0.6) is 5.75 Å². The van der Waals surface area contributed by atoms with Crippen molar-refractivity contribution in [2.24, 2.45) is 5.92 Å². The third kappa shape index (κ3) is 10.8. The highest BCUT2D eigenvalue weighted by molar-refractivity contribution is 7.89. The normalized spacial score (nSPS) is 17.3. The summed E-state index contributed by atoms with van der Waals surface area (Å²) < 4.78 is 51.6. The molecule has 3 atom stereocenters. The molecule has 1 saturated heterocycles. The number of aliphatic hydroxyl groups is 1. The van der Waals surface area contributed by atoms with Crippen LogP contribution in [0, 0.1) is 5.92 Å². The van der Waals surface area contributed by atoms with Crippen molar-refractivity contribution in [1.29, 1.82) is 0 Å². The Labute approximate surface area is 256 Å². The number of rotatable bonds is 15. The van der Waals surface area contributed by atoms with Crippen molar-refractivity contribution in [2.45, 2.75) is 88.7 Å². The zero-order chi connectivity index (χ0) is 31.7. The minimum absolute atomic E-state index is 0.0313. The third-order valence-electron chi connectivity index (χ3n) is 7.50. The first kappa shape index (κ1) is 34.8. The quantitative estimate of drug-likeness (QED) is 0.292. The van der Waals surface area contributed by atoms with Gasteiger partial charge in [-0.1, -0.05) is 43.7 Å². The number of nitrogens with one attached hydrogen (secondary N) is 1. The Morgan fingerprint density at radius 1 is 1.07 bits per heavy atom. The fourth-order valence-corrected chi connectivity index (χ4v) is 6.53. The summed E-state index contributed by atoms with van der Waals surface area (Å²) in [5.74, 6) is -0.187. The summed E-state index contributed by atoms with van der Waals surface area (Å²) in [4.78, 5) is 12.9. The highest BCUT2D eigenvalue weighted by Gasteiger charge is 2.35. The van der Waals surface area contributed by atoms with E-state index in [0.29, 0.717) is 38.2 Å². The first-order valence-corrected chi connectivity index (χ1v) is 16.3. The highest BCUT2D eigenvalue weighted by atomic mass is 32.2. The number of sulfonamides is 1. The van der Waals surface area contributed by atoms with Gasteiger partial charge in [-0.05, 0) is 76.3 Å². The lowest BCUT2D eigenvalue weighted by molar-refractivity contribution is -0.149. The summed E-state index contributed by atoms with van der Waals surface area (Å²) in [6.07, 6.45) is 0.347. The van der Waals surface area contributed by atoms with E-state index in [-0.39, 0.29) is 30.3 Å². The Kier molecular flexibility index (Phi) is 12.4. The van der Waals surface area contributed by atoms with Gasteiger partial charge in [-0.25, -0.2) is 13.2 Å². The number of hydrogen-bond acceptors (Lipinski definition) is 8. The number of aliphatic hydroxyl groups excluding tert-OH is 1. The topological polar surface area (TPSA) is 124 Å². The molecule has 11 heteroatoms. The van der Waals surface area contributed by atoms with Gasteiger partial charge in [0, 0.05) is 19.5 Å². The molecule has 0 radical (unpaired) electrons. The van der Waals surface area contributed by atoms with Gasteiger partial charge in [0.15, 0.2) is 5.79 Å². The Morgan fingerprint density at radius 3 is 2.26 bits per heavy atom. The lowest BCUT2D eigenvalue weighted by Gasteiger charge is -2.33. The van der Waals surface area contributed by atoms with Gasteiger partial charge in [-0.15, -0.1) is 0 Å². The van der Waals surface area contributed by atoms with Gasteiger partial charge in [0.05, 0.1) is 37.4 Å². The molecule has 1 aliphatic heterocycles. The van der Waals surface area contributed by atoms with Crippen LogP contribution in [0.1, 0.15) is 59.4 Å². The summed E-state index contributed by atoms with van der Waals surface area (Å²) in [7, 11) is -2.52. The molecule has 0 aromatic heterocycles. The number of alkyl carbamates (subject to hydrolysis) is 1. The smallest absolute Gasteiger partial charge is 0.407 e. The average molecular weight is 621 g/mol. The number of carbonyl (C=O) groups excluding carboxylic acids is 1. The molecule has 3 rings (SSSR count). The summed E-state index contributed by atoms with van der Waals surface area (Å²) in [6.45, 7) is 10.2. The summed E-state index contributed by atoms with van der Waals surface area (Å²) in [5, 5.41) is 14.4. The van der Waals surface area contributed by atoms with Crippen molar-refractivity contribution in [3.8, 4) is 5.75 Å². The Morgan fingerprint density at radius 2 is 1.70 bits per heavy atom. The number of ether oxygens (including phenoxy) is 4. The van der Waals surface area contributed by atoms with Crippen molar-refractivity contribution in [2.75, 3.05) is 33.4 Å². The number of hydrogen-bond donors (Lipinski definition) is 2. The molecule has 0 saturated carbocycles. The van der Waals surface area contributed by atoms with E-state index in [2.05, 4.69) is 5.32 Å². The van der Waals surface area contributed by atoms with E-state index >= 15 is 0 Å². The van der Waals surface area contributed by atoms with E-state index in [9.17, 15) is 18.3 Å². The molecule has 1 aliphatic rings. The van der Waals surface area contributed by atoms with Crippen LogP contribution >= 0.6 is 0 Å². The van der Waals surface area contributed by atoms with Crippen LogP contribution in [0.25, 0.3) is 0 Å². The molecule has 0 aliphatic carbocycles. The third-order valence-corrected chi connectivity index (χ3v) is 9.34. The van der Waals surface area contributed by atoms with Crippen molar-refractivity contribution in [3.05, 3.63) is 60.2 Å². The molecule has 240 valence electrons. The van der Waals surface area contributed by atoms with Crippen LogP contribution in [0.2, 0.25) is 0 Å². The predicted octanol–water partition coefficient (Wildman–Crippen LogP) is 4.75. The minimum atomic E-state index is -4.03. The van der Waals surface area contributed by atoms with E-state index in [4.69, 9.17) is 18.9 Å². The van der Waals surface area contributed by atoms with E-state index in [1.165, 1.54) is 23.5 Å². The summed E-state index contributed by atoms with van der Waals surface area (Å²) in [6, 6.07) is 14.8. The summed E-state index contributed by atoms with van der Waals surface area (Å²) in [5.41, 5.74) is 0.136. The fraction of sp³-hybridized carbons (Fsp3) is 0.594. The molecule has 1 amide bonds. The average Bonchev–Trinajstić information content (AvgIpc) is 3.40. The first-order valence-electron chi connectivity index (χ1n) is 14.9. The summed E-state index contributed by atoms with van der Waals surface area (Å²) >= 11 is 0. The van der Waals surface area contributed by atoms with Crippen LogP contribution in [0.3, 0.4) is 0 Å². The molecule has 2 aromatic rings. The zero-order valence-corrected chi connectivity index (χ0v) is 27.1. The molecular weight excluding hydrogens is 572 g/mol. The van der Waals surface area contributed by atoms with E-state index < -0.39 is 39.7 Å². The Bertz CT molecular complexity index is 1240. The van der Waals surface area contributed by atoms with Gasteiger partial charge in [-0.2, -0.15) is 4.31 Å². The molecule has 43 heavy (non-hydrogen) atoms. The van der Waals surface area contributed by atoms with Crippen molar-refractivity contribution in [3.63, 3.8) is 0 Å². The molecule has 1 fully saturated rings. The monoisotopic (exact) mass is 620 g/mol. The standard InChI is InChI=1S/C32H48N2O8S/c1-7-24(17-18-32(5)40-19-20-41-32)22-34(43(37,38)27-15-13-26(39-6)14-16-27)23-29(35)28(21-25-11-9-8-10-12-25)33-30(36)42-31(2,3)4/h8-16,24,28-29,35H,7,17-23H2,1-6H3,(H,33,36)/t24?,28-,29+/m0/s1. The van der Waals surface area contributed by atoms with Gasteiger partial charge >= 0.3 is 6.09 Å². The number of methoxy groups -OCH3 is 1. The minimum Gasteiger partial charge on any atom is -0.497 e. The molecule has 10 nitrogen and oxygen atoms in total. The van der Waals surface area contributed by atoms with E-state index in [0.717, 1.165) is 5.56 Å². The van der Waals surface area contributed by atoms with Gasteiger partial charge in [0.2, 0.25) is 10.0 Å². The van der Waals surface area contributed by atoms with Crippen molar-refractivity contribution < 1.29 is 37.3 Å². The van der Waals surface area contributed by atoms with Crippen molar-refractivity contribution in [1.82, 2.24) is 9.62 Å². The number of benzene rings is 2. The van der Waals surface area contributed by atoms with Crippen LogP contribution in [0.15, 0.2) is 59.5 Å². The molecule has 0 bridgehead atoms. The highest BCUT2D eigenvalue weighted by Crippen LogP contribution is 2.29. The predicted molar refractivity (Wildman–Crippen MR) is 164 cm³/mol. The molecule has 1 heterocycles. The number of amides is 1. The van der Waals surface area contributed by atoms with Gasteiger partial charge < -0.3 is 29.4 Å². The number of nitrogens with zero attached hydrogens (tertiary/aromatic N) is 1. The van der Waals surface area contributed by atoms with Crippen molar-refractivity contribution >= 4 is 16.1 Å². The lowest BCUT2D eigenvalue weighted by Crippen LogP contribution is -2.52. The first-order chi connectivity index (χ1) is 20.2.